The van der Waals surface area contributed by atoms with Crippen LogP contribution >= 0.6 is 0 Å². The van der Waals surface area contributed by atoms with Gasteiger partial charge < -0.3 is 15.4 Å². The van der Waals surface area contributed by atoms with Crippen LogP contribution in [0.2, 0.25) is 0 Å². The van der Waals surface area contributed by atoms with Crippen LogP contribution in [0.1, 0.15) is 16.8 Å². The Kier molecular flexibility index (Phi) is 5.30. The van der Waals surface area contributed by atoms with Crippen LogP contribution in [0, 0.1) is 18.3 Å². The molecule has 0 saturated carbocycles. The first-order valence-electron chi connectivity index (χ1n) is 8.16. The highest BCUT2D eigenvalue weighted by Crippen LogP contribution is 2.18. The molecule has 130 valence electrons. The lowest BCUT2D eigenvalue weighted by molar-refractivity contribution is 0.414. The van der Waals surface area contributed by atoms with Crippen molar-refractivity contribution in [1.29, 1.82) is 5.26 Å². The summed E-state index contributed by atoms with van der Waals surface area (Å²) in [6.07, 6.45) is 0. The Hall–Kier alpha value is -3.59. The summed E-state index contributed by atoms with van der Waals surface area (Å²) in [7, 11) is 1.65. The molecule has 6 heteroatoms. The number of benzene rings is 2. The van der Waals surface area contributed by atoms with E-state index in [2.05, 4.69) is 26.7 Å². The van der Waals surface area contributed by atoms with Gasteiger partial charge in [0.05, 0.1) is 18.7 Å². The van der Waals surface area contributed by atoms with Crippen LogP contribution in [0.4, 0.5) is 17.5 Å². The van der Waals surface area contributed by atoms with Crippen molar-refractivity contribution in [2.24, 2.45) is 0 Å². The number of nitrogens with zero attached hydrogens (tertiary/aromatic N) is 3. The second-order valence-corrected chi connectivity index (χ2v) is 5.74. The van der Waals surface area contributed by atoms with Gasteiger partial charge >= 0.3 is 0 Å². The number of hydrogen-bond acceptors (Lipinski definition) is 6. The second kappa shape index (κ2) is 7.99. The number of aryl methyl sites for hydroxylation is 1. The highest BCUT2D eigenvalue weighted by molar-refractivity contribution is 5.57. The van der Waals surface area contributed by atoms with Crippen LogP contribution < -0.4 is 15.4 Å². The Bertz CT molecular complexity index is 932. The van der Waals surface area contributed by atoms with Crippen molar-refractivity contribution < 1.29 is 4.74 Å². The molecule has 0 radical (unpaired) electrons. The summed E-state index contributed by atoms with van der Waals surface area (Å²) in [6.45, 7) is 2.56. The normalized spacial score (nSPS) is 10.0. The number of rotatable bonds is 6. The second-order valence-electron chi connectivity index (χ2n) is 5.74. The Morgan fingerprint density at radius 3 is 2.62 bits per heavy atom. The number of nitriles is 1. The van der Waals surface area contributed by atoms with Gasteiger partial charge in [-0.2, -0.15) is 10.2 Å². The van der Waals surface area contributed by atoms with E-state index in [4.69, 9.17) is 10.00 Å². The lowest BCUT2D eigenvalue weighted by Gasteiger charge is -2.10. The van der Waals surface area contributed by atoms with Crippen molar-refractivity contribution in [3.05, 3.63) is 71.4 Å². The zero-order valence-corrected chi connectivity index (χ0v) is 14.7. The predicted molar refractivity (Wildman–Crippen MR) is 102 cm³/mol. The molecule has 0 saturated heterocycles. The van der Waals surface area contributed by atoms with Gasteiger partial charge in [0.1, 0.15) is 11.6 Å². The molecule has 6 nitrogen and oxygen atoms in total. The Balaban J connectivity index is 1.71. The first-order chi connectivity index (χ1) is 12.7. The molecule has 0 atom stereocenters. The molecule has 0 fully saturated rings. The molecular weight excluding hydrogens is 326 g/mol. The van der Waals surface area contributed by atoms with Crippen molar-refractivity contribution in [1.82, 2.24) is 9.97 Å². The fourth-order valence-electron chi connectivity index (χ4n) is 2.45. The molecule has 26 heavy (non-hydrogen) atoms. The van der Waals surface area contributed by atoms with Crippen molar-refractivity contribution in [3.8, 4) is 11.8 Å². The van der Waals surface area contributed by atoms with E-state index in [-0.39, 0.29) is 0 Å². The van der Waals surface area contributed by atoms with Crippen LogP contribution in [0.15, 0.2) is 54.6 Å². The summed E-state index contributed by atoms with van der Waals surface area (Å²) in [5, 5.41) is 15.4. The zero-order valence-electron chi connectivity index (χ0n) is 14.7. The molecule has 3 rings (SSSR count). The predicted octanol–water partition coefficient (Wildman–Crippen LogP) is 4.02. The van der Waals surface area contributed by atoms with Gasteiger partial charge in [-0.3, -0.25) is 0 Å². The summed E-state index contributed by atoms with van der Waals surface area (Å²) in [6, 6.07) is 19.1. The molecule has 0 aliphatic carbocycles. The monoisotopic (exact) mass is 345 g/mol. The van der Waals surface area contributed by atoms with E-state index in [0.29, 0.717) is 18.1 Å². The molecule has 0 aliphatic heterocycles. The molecule has 0 spiro atoms. The molecule has 0 aliphatic rings. The summed E-state index contributed by atoms with van der Waals surface area (Å²) in [5.41, 5.74) is 3.32. The minimum absolute atomic E-state index is 0.484. The quantitative estimate of drug-likeness (QED) is 0.702. The van der Waals surface area contributed by atoms with Gasteiger partial charge in [-0.05, 0) is 42.8 Å². The van der Waals surface area contributed by atoms with Crippen LogP contribution in [0.5, 0.6) is 5.75 Å². The van der Waals surface area contributed by atoms with Crippen molar-refractivity contribution in [2.45, 2.75) is 13.5 Å². The average Bonchev–Trinajstić information content (AvgIpc) is 2.66. The number of aromatic nitrogens is 2. The van der Waals surface area contributed by atoms with Gasteiger partial charge in [0.15, 0.2) is 0 Å². The van der Waals surface area contributed by atoms with Crippen molar-refractivity contribution in [2.75, 3.05) is 17.7 Å². The topological polar surface area (TPSA) is 82.9 Å². The third kappa shape index (κ3) is 4.48. The third-order valence-corrected chi connectivity index (χ3v) is 3.73. The SMILES string of the molecule is COc1ccc(CNc2cc(C)nc(Nc3cccc(C#N)c3)n2)cc1. The molecule has 2 N–H and O–H groups in total. The van der Waals surface area contributed by atoms with Crippen molar-refractivity contribution in [3.63, 3.8) is 0 Å². The third-order valence-electron chi connectivity index (χ3n) is 3.73. The van der Waals surface area contributed by atoms with Gasteiger partial charge in [-0.1, -0.05) is 18.2 Å². The zero-order chi connectivity index (χ0) is 18.4. The van der Waals surface area contributed by atoms with Crippen LogP contribution in [-0.4, -0.2) is 17.1 Å². The summed E-state index contributed by atoms with van der Waals surface area (Å²) in [4.78, 5) is 8.89. The highest BCUT2D eigenvalue weighted by Gasteiger charge is 2.04. The first-order valence-corrected chi connectivity index (χ1v) is 8.16. The smallest absolute Gasteiger partial charge is 0.229 e. The largest absolute Gasteiger partial charge is 0.497 e. The van der Waals surface area contributed by atoms with E-state index >= 15 is 0 Å². The maximum Gasteiger partial charge on any atom is 0.229 e. The van der Waals surface area contributed by atoms with E-state index in [0.717, 1.165) is 28.5 Å². The van der Waals surface area contributed by atoms with Gasteiger partial charge in [0, 0.05) is 24.0 Å². The lowest BCUT2D eigenvalue weighted by Crippen LogP contribution is -2.05. The molecule has 2 aromatic carbocycles. The Morgan fingerprint density at radius 1 is 1.08 bits per heavy atom. The molecule has 0 unspecified atom stereocenters. The number of ether oxygens (including phenoxy) is 1. The molecule has 1 heterocycles. The molecular formula is C20H19N5O. The average molecular weight is 345 g/mol. The van der Waals surface area contributed by atoms with E-state index in [1.807, 2.05) is 49.4 Å². The Labute approximate surface area is 152 Å². The summed E-state index contributed by atoms with van der Waals surface area (Å²) < 4.78 is 5.17. The summed E-state index contributed by atoms with van der Waals surface area (Å²) in [5.74, 6) is 2.04. The molecule has 0 amide bonds. The van der Waals surface area contributed by atoms with Gasteiger partial charge in [-0.15, -0.1) is 0 Å². The fraction of sp³-hybridized carbons (Fsp3) is 0.150. The molecule has 1 aromatic heterocycles. The summed E-state index contributed by atoms with van der Waals surface area (Å²) >= 11 is 0. The maximum absolute atomic E-state index is 9.00. The van der Waals surface area contributed by atoms with E-state index in [9.17, 15) is 0 Å². The molecule has 3 aromatic rings. The van der Waals surface area contributed by atoms with E-state index in [1.165, 1.54) is 0 Å². The van der Waals surface area contributed by atoms with Crippen molar-refractivity contribution >= 4 is 17.5 Å². The van der Waals surface area contributed by atoms with Crippen LogP contribution in [-0.2, 0) is 6.54 Å². The van der Waals surface area contributed by atoms with Gasteiger partial charge in [-0.25, -0.2) is 4.98 Å². The van der Waals surface area contributed by atoms with Crippen LogP contribution in [0.25, 0.3) is 0 Å². The minimum atomic E-state index is 0.484. The van der Waals surface area contributed by atoms with E-state index < -0.39 is 0 Å². The minimum Gasteiger partial charge on any atom is -0.497 e. The highest BCUT2D eigenvalue weighted by atomic mass is 16.5. The number of methoxy groups -OCH3 is 1. The maximum atomic E-state index is 9.00. The number of anilines is 3. The first kappa shape index (κ1) is 17.2. The van der Waals surface area contributed by atoms with E-state index in [1.54, 1.807) is 19.2 Å². The number of nitrogens with one attached hydrogen (secondary N) is 2. The van der Waals surface area contributed by atoms with Gasteiger partial charge in [0.2, 0.25) is 5.95 Å². The standard InChI is InChI=1S/C20H19N5O/c1-14-10-19(22-13-15-6-8-18(26-2)9-7-15)25-20(23-14)24-17-5-3-4-16(11-17)12-21/h3-11H,13H2,1-2H3,(H2,22,23,24,25). The molecule has 0 bridgehead atoms. The lowest BCUT2D eigenvalue weighted by atomic mass is 10.2. The van der Waals surface area contributed by atoms with Crippen LogP contribution in [0.3, 0.4) is 0 Å². The van der Waals surface area contributed by atoms with Gasteiger partial charge in [0.25, 0.3) is 0 Å². The Morgan fingerprint density at radius 2 is 1.88 bits per heavy atom. The number of hydrogen-bond donors (Lipinski definition) is 2. The fourth-order valence-corrected chi connectivity index (χ4v) is 2.45.